The molecule has 0 unspecified atom stereocenters. The van der Waals surface area contributed by atoms with E-state index in [1.165, 1.54) is 25.4 Å². The standard InChI is InChI=1S/C19H20N2O5/c1-11-6-8-12(9-7-11)17(22)16-15(19(24)26-3)14(18(23)25-2)13-5-4-10-20-21(13)16/h4-10,13-16H,1-3H3/t13-,14+,15-,16+/m0/s1. The van der Waals surface area contributed by atoms with E-state index in [2.05, 4.69) is 5.10 Å². The number of ketones is 1. The fourth-order valence-corrected chi connectivity index (χ4v) is 3.56. The highest BCUT2D eigenvalue weighted by atomic mass is 16.5. The molecule has 0 radical (unpaired) electrons. The van der Waals surface area contributed by atoms with Crippen molar-refractivity contribution in [1.29, 1.82) is 0 Å². The van der Waals surface area contributed by atoms with Crippen LogP contribution in [0.1, 0.15) is 15.9 Å². The predicted octanol–water partition coefficient (Wildman–Crippen LogP) is 1.36. The van der Waals surface area contributed by atoms with Crippen LogP contribution in [0, 0.1) is 18.8 Å². The Balaban J connectivity index is 2.07. The lowest BCUT2D eigenvalue weighted by Gasteiger charge is -2.27. The molecule has 1 aromatic carbocycles. The van der Waals surface area contributed by atoms with E-state index in [4.69, 9.17) is 9.47 Å². The third-order valence-corrected chi connectivity index (χ3v) is 4.83. The molecule has 1 aromatic rings. The van der Waals surface area contributed by atoms with Crippen molar-refractivity contribution in [3.63, 3.8) is 0 Å². The zero-order valence-corrected chi connectivity index (χ0v) is 14.8. The van der Waals surface area contributed by atoms with Crippen molar-refractivity contribution < 1.29 is 23.9 Å². The van der Waals surface area contributed by atoms with Crippen LogP contribution >= 0.6 is 0 Å². The average Bonchev–Trinajstić information content (AvgIpc) is 3.02. The van der Waals surface area contributed by atoms with Crippen LogP contribution in [0.4, 0.5) is 0 Å². The average molecular weight is 356 g/mol. The molecule has 0 aliphatic carbocycles. The van der Waals surface area contributed by atoms with Gasteiger partial charge in [-0.2, -0.15) is 5.10 Å². The Morgan fingerprint density at radius 2 is 1.62 bits per heavy atom. The van der Waals surface area contributed by atoms with Gasteiger partial charge in [-0.05, 0) is 13.0 Å². The predicted molar refractivity (Wildman–Crippen MR) is 93.6 cm³/mol. The van der Waals surface area contributed by atoms with Crippen molar-refractivity contribution in [2.24, 2.45) is 16.9 Å². The van der Waals surface area contributed by atoms with Crippen molar-refractivity contribution in [3.05, 3.63) is 47.5 Å². The number of benzene rings is 1. The van der Waals surface area contributed by atoms with Crippen molar-refractivity contribution in [2.75, 3.05) is 14.2 Å². The summed E-state index contributed by atoms with van der Waals surface area (Å²) in [4.78, 5) is 38.1. The summed E-state index contributed by atoms with van der Waals surface area (Å²) >= 11 is 0. The van der Waals surface area contributed by atoms with Gasteiger partial charge in [0.2, 0.25) is 0 Å². The summed E-state index contributed by atoms with van der Waals surface area (Å²) in [6.45, 7) is 1.92. The second-order valence-corrected chi connectivity index (χ2v) is 6.29. The monoisotopic (exact) mass is 356 g/mol. The smallest absolute Gasteiger partial charge is 0.312 e. The van der Waals surface area contributed by atoms with E-state index in [9.17, 15) is 14.4 Å². The first-order chi connectivity index (χ1) is 12.5. The zero-order valence-electron chi connectivity index (χ0n) is 14.8. The molecule has 0 bridgehead atoms. The van der Waals surface area contributed by atoms with Crippen LogP contribution in [0.15, 0.2) is 41.5 Å². The summed E-state index contributed by atoms with van der Waals surface area (Å²) in [7, 11) is 2.49. The van der Waals surface area contributed by atoms with E-state index in [0.717, 1.165) is 5.56 Å². The lowest BCUT2D eigenvalue weighted by atomic mass is 9.84. The number of carbonyl (C=O) groups excluding carboxylic acids is 3. The Hall–Kier alpha value is -2.96. The van der Waals surface area contributed by atoms with Crippen molar-refractivity contribution in [1.82, 2.24) is 5.01 Å². The highest BCUT2D eigenvalue weighted by Gasteiger charge is 2.58. The van der Waals surface area contributed by atoms with E-state index in [0.29, 0.717) is 5.56 Å². The summed E-state index contributed by atoms with van der Waals surface area (Å²) in [6, 6.07) is 5.57. The second kappa shape index (κ2) is 7.11. The van der Waals surface area contributed by atoms with Crippen LogP contribution < -0.4 is 0 Å². The van der Waals surface area contributed by atoms with Gasteiger partial charge >= 0.3 is 11.9 Å². The van der Waals surface area contributed by atoms with Crippen LogP contribution in [0.3, 0.4) is 0 Å². The number of carbonyl (C=O) groups is 3. The maximum Gasteiger partial charge on any atom is 0.312 e. The number of hydrogen-bond acceptors (Lipinski definition) is 7. The van der Waals surface area contributed by atoms with Crippen LogP contribution in [0.2, 0.25) is 0 Å². The van der Waals surface area contributed by atoms with E-state index in [-0.39, 0.29) is 5.78 Å². The minimum absolute atomic E-state index is 0.288. The molecule has 0 amide bonds. The fourth-order valence-electron chi connectivity index (χ4n) is 3.56. The maximum absolute atomic E-state index is 13.2. The molecule has 2 aliphatic rings. The molecule has 4 atom stereocenters. The van der Waals surface area contributed by atoms with Crippen molar-refractivity contribution in [3.8, 4) is 0 Å². The molecule has 7 nitrogen and oxygen atoms in total. The Morgan fingerprint density at radius 3 is 2.23 bits per heavy atom. The van der Waals surface area contributed by atoms with E-state index in [1.54, 1.807) is 24.3 Å². The van der Waals surface area contributed by atoms with E-state index in [1.807, 2.05) is 19.1 Å². The van der Waals surface area contributed by atoms with Crippen molar-refractivity contribution in [2.45, 2.75) is 19.0 Å². The Labute approximate surface area is 151 Å². The number of hydrazone groups is 1. The number of nitrogens with zero attached hydrogens (tertiary/aromatic N) is 2. The number of aryl methyl sites for hydroxylation is 1. The maximum atomic E-state index is 13.2. The van der Waals surface area contributed by atoms with E-state index < -0.39 is 35.9 Å². The van der Waals surface area contributed by atoms with Crippen LogP contribution in [-0.4, -0.2) is 55.2 Å². The number of Topliss-reactive ketones (excluding diaryl/α,β-unsaturated/α-hetero) is 1. The van der Waals surface area contributed by atoms with Gasteiger partial charge in [0.25, 0.3) is 0 Å². The molecule has 26 heavy (non-hydrogen) atoms. The summed E-state index contributed by atoms with van der Waals surface area (Å²) in [5.41, 5.74) is 1.46. The summed E-state index contributed by atoms with van der Waals surface area (Å²) in [6.07, 6.45) is 4.96. The summed E-state index contributed by atoms with van der Waals surface area (Å²) < 4.78 is 9.79. The van der Waals surface area contributed by atoms with E-state index >= 15 is 0 Å². The fraction of sp³-hybridized carbons (Fsp3) is 0.368. The highest BCUT2D eigenvalue weighted by Crippen LogP contribution is 2.40. The lowest BCUT2D eigenvalue weighted by Crippen LogP contribution is -2.42. The number of rotatable bonds is 4. The van der Waals surface area contributed by atoms with Gasteiger partial charge in [0.1, 0.15) is 12.0 Å². The molecule has 0 spiro atoms. The third-order valence-electron chi connectivity index (χ3n) is 4.83. The molecular weight excluding hydrogens is 336 g/mol. The molecule has 0 aromatic heterocycles. The first-order valence-corrected chi connectivity index (χ1v) is 8.25. The quantitative estimate of drug-likeness (QED) is 0.598. The van der Waals surface area contributed by atoms with Gasteiger partial charge in [-0.15, -0.1) is 0 Å². The molecule has 0 N–H and O–H groups in total. The summed E-state index contributed by atoms with van der Waals surface area (Å²) in [5, 5.41) is 5.76. The number of allylic oxidation sites excluding steroid dienone is 1. The molecule has 7 heteroatoms. The highest BCUT2D eigenvalue weighted by molar-refractivity contribution is 6.04. The molecule has 3 rings (SSSR count). The number of ether oxygens (including phenoxy) is 2. The van der Waals surface area contributed by atoms with Gasteiger partial charge in [-0.1, -0.05) is 35.9 Å². The SMILES string of the molecule is COC(=O)[C@H]1[C@H](C(=O)OC)[C@H](C(=O)c2ccc(C)cc2)N2N=CC=C[C@@H]12. The normalized spacial score (nSPS) is 26.3. The van der Waals surface area contributed by atoms with Crippen LogP contribution in [-0.2, 0) is 19.1 Å². The van der Waals surface area contributed by atoms with Crippen LogP contribution in [0.25, 0.3) is 0 Å². The second-order valence-electron chi connectivity index (χ2n) is 6.29. The van der Waals surface area contributed by atoms with Crippen LogP contribution in [0.5, 0.6) is 0 Å². The zero-order chi connectivity index (χ0) is 18.8. The Kier molecular flexibility index (Phi) is 4.88. The number of fused-ring (bicyclic) bond motifs is 1. The number of methoxy groups -OCH3 is 2. The number of hydrogen-bond donors (Lipinski definition) is 0. The molecule has 2 aliphatic heterocycles. The lowest BCUT2D eigenvalue weighted by molar-refractivity contribution is -0.156. The molecule has 0 saturated carbocycles. The van der Waals surface area contributed by atoms with Gasteiger partial charge in [-0.3, -0.25) is 19.4 Å². The van der Waals surface area contributed by atoms with Gasteiger partial charge < -0.3 is 9.47 Å². The first kappa shape index (κ1) is 17.8. The molecule has 136 valence electrons. The molecule has 2 heterocycles. The first-order valence-electron chi connectivity index (χ1n) is 8.25. The summed E-state index contributed by atoms with van der Waals surface area (Å²) in [5.74, 6) is -3.38. The van der Waals surface area contributed by atoms with Crippen molar-refractivity contribution >= 4 is 23.9 Å². The minimum Gasteiger partial charge on any atom is -0.469 e. The van der Waals surface area contributed by atoms with Gasteiger partial charge in [-0.25, -0.2) is 0 Å². The van der Waals surface area contributed by atoms with Gasteiger partial charge in [0, 0.05) is 11.8 Å². The molecule has 1 fully saturated rings. The Bertz CT molecular complexity index is 784. The Morgan fingerprint density at radius 1 is 1.00 bits per heavy atom. The largest absolute Gasteiger partial charge is 0.469 e. The minimum atomic E-state index is -1.01. The third kappa shape index (κ3) is 2.89. The molecular formula is C19H20N2O5. The number of esters is 2. The van der Waals surface area contributed by atoms with Gasteiger partial charge in [0.15, 0.2) is 5.78 Å². The topological polar surface area (TPSA) is 85.3 Å². The molecule has 1 saturated heterocycles. The van der Waals surface area contributed by atoms with Gasteiger partial charge in [0.05, 0.1) is 26.2 Å².